The number of likely N-dealkylation sites (tertiary alicyclic amines) is 1. The van der Waals surface area contributed by atoms with Crippen molar-refractivity contribution in [2.24, 2.45) is 5.92 Å². The van der Waals surface area contributed by atoms with Crippen molar-refractivity contribution < 1.29 is 14.3 Å². The minimum absolute atomic E-state index is 0.0322. The molecular formula is C16H24ClN3O3. The van der Waals surface area contributed by atoms with E-state index in [2.05, 4.69) is 16.9 Å². The van der Waals surface area contributed by atoms with Crippen molar-refractivity contribution in [3.8, 4) is 5.88 Å². The van der Waals surface area contributed by atoms with Gasteiger partial charge in [0.15, 0.2) is 5.15 Å². The van der Waals surface area contributed by atoms with Crippen molar-refractivity contribution >= 4 is 17.7 Å². The number of hydrogen-bond acceptors (Lipinski definition) is 5. The summed E-state index contributed by atoms with van der Waals surface area (Å²) in [6.07, 6.45) is 4.41. The highest BCUT2D eigenvalue weighted by atomic mass is 35.5. The van der Waals surface area contributed by atoms with Crippen LogP contribution in [0.25, 0.3) is 0 Å². The standard InChI is InChI=1S/C16H24ClN3O3/c1-11-10-20(15(21)23-16(2,3)4)7-5-6-12(11)22-14-9-18-8-13(17)19-14/h8-9,11-12H,5-7,10H2,1-4H3. The van der Waals surface area contributed by atoms with E-state index in [1.165, 1.54) is 6.20 Å². The summed E-state index contributed by atoms with van der Waals surface area (Å²) in [5.41, 5.74) is -0.487. The number of rotatable bonds is 2. The first-order valence-corrected chi connectivity index (χ1v) is 8.24. The summed E-state index contributed by atoms with van der Waals surface area (Å²) in [6.45, 7) is 8.93. The van der Waals surface area contributed by atoms with Crippen LogP contribution in [0.15, 0.2) is 12.4 Å². The van der Waals surface area contributed by atoms with E-state index in [0.29, 0.717) is 24.1 Å². The Morgan fingerprint density at radius 1 is 1.39 bits per heavy atom. The molecule has 1 saturated heterocycles. The van der Waals surface area contributed by atoms with Crippen LogP contribution in [-0.4, -0.2) is 45.8 Å². The van der Waals surface area contributed by atoms with Gasteiger partial charge in [-0.05, 0) is 33.6 Å². The fourth-order valence-corrected chi connectivity index (χ4v) is 2.67. The van der Waals surface area contributed by atoms with Crippen LogP contribution in [0.3, 0.4) is 0 Å². The third-order valence-electron chi connectivity index (χ3n) is 3.57. The first-order chi connectivity index (χ1) is 10.7. The van der Waals surface area contributed by atoms with Gasteiger partial charge in [-0.1, -0.05) is 18.5 Å². The van der Waals surface area contributed by atoms with Gasteiger partial charge in [0.1, 0.15) is 11.7 Å². The van der Waals surface area contributed by atoms with E-state index in [1.807, 2.05) is 20.8 Å². The second-order valence-electron chi connectivity index (χ2n) is 6.88. The number of nitrogens with zero attached hydrogens (tertiary/aromatic N) is 3. The minimum Gasteiger partial charge on any atom is -0.473 e. The monoisotopic (exact) mass is 341 g/mol. The topological polar surface area (TPSA) is 64.6 Å². The van der Waals surface area contributed by atoms with Gasteiger partial charge >= 0.3 is 6.09 Å². The number of ether oxygens (including phenoxy) is 2. The van der Waals surface area contributed by atoms with E-state index in [9.17, 15) is 4.79 Å². The fraction of sp³-hybridized carbons (Fsp3) is 0.688. The highest BCUT2D eigenvalue weighted by Gasteiger charge is 2.30. The molecule has 23 heavy (non-hydrogen) atoms. The van der Waals surface area contributed by atoms with Gasteiger partial charge in [-0.25, -0.2) is 4.79 Å². The lowest BCUT2D eigenvalue weighted by Crippen LogP contribution is -2.40. The van der Waals surface area contributed by atoms with Crippen molar-refractivity contribution in [3.63, 3.8) is 0 Å². The van der Waals surface area contributed by atoms with Crippen LogP contribution in [-0.2, 0) is 4.74 Å². The summed E-state index contributed by atoms with van der Waals surface area (Å²) in [5.74, 6) is 0.575. The molecule has 2 atom stereocenters. The van der Waals surface area contributed by atoms with Crippen LogP contribution in [0, 0.1) is 5.92 Å². The normalized spacial score (nSPS) is 22.4. The van der Waals surface area contributed by atoms with Crippen LogP contribution in [0.4, 0.5) is 4.79 Å². The molecule has 6 nitrogen and oxygen atoms in total. The lowest BCUT2D eigenvalue weighted by Gasteiger charge is -2.28. The Kier molecular flexibility index (Phi) is 5.68. The zero-order valence-electron chi connectivity index (χ0n) is 14.1. The van der Waals surface area contributed by atoms with E-state index >= 15 is 0 Å². The molecule has 0 aromatic carbocycles. The smallest absolute Gasteiger partial charge is 0.410 e. The second kappa shape index (κ2) is 7.34. The second-order valence-corrected chi connectivity index (χ2v) is 7.27. The minimum atomic E-state index is -0.487. The zero-order chi connectivity index (χ0) is 17.0. The molecular weight excluding hydrogens is 318 g/mol. The Bertz CT molecular complexity index is 548. The quantitative estimate of drug-likeness (QED) is 0.823. The first kappa shape index (κ1) is 17.8. The first-order valence-electron chi connectivity index (χ1n) is 7.87. The van der Waals surface area contributed by atoms with E-state index in [0.717, 1.165) is 12.8 Å². The highest BCUT2D eigenvalue weighted by molar-refractivity contribution is 6.29. The Hall–Kier alpha value is -1.56. The average molecular weight is 342 g/mol. The summed E-state index contributed by atoms with van der Waals surface area (Å²) in [4.78, 5) is 22.1. The Labute approximate surface area is 142 Å². The lowest BCUT2D eigenvalue weighted by atomic mass is 10.0. The average Bonchev–Trinajstić information content (AvgIpc) is 2.60. The molecule has 2 unspecified atom stereocenters. The number of hydrogen-bond donors (Lipinski definition) is 0. The van der Waals surface area contributed by atoms with E-state index in [1.54, 1.807) is 11.1 Å². The molecule has 128 valence electrons. The number of carbonyl (C=O) groups excluding carboxylic acids is 1. The van der Waals surface area contributed by atoms with E-state index < -0.39 is 5.60 Å². The molecule has 0 radical (unpaired) electrons. The molecule has 1 aliphatic rings. The van der Waals surface area contributed by atoms with Crippen LogP contribution < -0.4 is 4.74 Å². The molecule has 0 saturated carbocycles. The molecule has 0 aliphatic carbocycles. The summed E-state index contributed by atoms with van der Waals surface area (Å²) in [6, 6.07) is 0. The van der Waals surface area contributed by atoms with Gasteiger partial charge < -0.3 is 14.4 Å². The summed E-state index contributed by atoms with van der Waals surface area (Å²) in [5, 5.41) is 0.305. The molecule has 2 heterocycles. The van der Waals surface area contributed by atoms with Crippen molar-refractivity contribution in [2.45, 2.75) is 52.2 Å². The number of halogens is 1. The van der Waals surface area contributed by atoms with Crippen molar-refractivity contribution in [2.75, 3.05) is 13.1 Å². The van der Waals surface area contributed by atoms with Gasteiger partial charge in [0, 0.05) is 19.0 Å². The molecule has 0 spiro atoms. The Morgan fingerprint density at radius 3 is 2.78 bits per heavy atom. The van der Waals surface area contributed by atoms with Crippen molar-refractivity contribution in [1.82, 2.24) is 14.9 Å². The van der Waals surface area contributed by atoms with Gasteiger partial charge in [-0.3, -0.25) is 4.98 Å². The summed E-state index contributed by atoms with van der Waals surface area (Å²) < 4.78 is 11.4. The van der Waals surface area contributed by atoms with Gasteiger partial charge in [-0.15, -0.1) is 0 Å². The third kappa shape index (κ3) is 5.53. The van der Waals surface area contributed by atoms with Gasteiger partial charge in [0.25, 0.3) is 0 Å². The SMILES string of the molecule is CC1CN(C(=O)OC(C)(C)C)CCCC1Oc1cncc(Cl)n1. The van der Waals surface area contributed by atoms with Crippen molar-refractivity contribution in [1.29, 1.82) is 0 Å². The van der Waals surface area contributed by atoms with Crippen molar-refractivity contribution in [3.05, 3.63) is 17.5 Å². The predicted molar refractivity (Wildman–Crippen MR) is 87.7 cm³/mol. The Morgan fingerprint density at radius 2 is 2.13 bits per heavy atom. The number of amides is 1. The largest absolute Gasteiger partial charge is 0.473 e. The molecule has 0 bridgehead atoms. The lowest BCUT2D eigenvalue weighted by molar-refractivity contribution is 0.0218. The summed E-state index contributed by atoms with van der Waals surface area (Å²) in [7, 11) is 0. The third-order valence-corrected chi connectivity index (χ3v) is 3.75. The van der Waals surface area contributed by atoms with Crippen LogP contribution >= 0.6 is 11.6 Å². The fourth-order valence-electron chi connectivity index (χ4n) is 2.53. The van der Waals surface area contributed by atoms with Crippen LogP contribution in [0.2, 0.25) is 5.15 Å². The van der Waals surface area contributed by atoms with Gasteiger partial charge in [-0.2, -0.15) is 4.98 Å². The molecule has 1 fully saturated rings. The van der Waals surface area contributed by atoms with Crippen LogP contribution in [0.1, 0.15) is 40.5 Å². The maximum atomic E-state index is 12.2. The molecule has 2 rings (SSSR count). The number of carbonyl (C=O) groups is 1. The molecule has 1 amide bonds. The van der Waals surface area contributed by atoms with E-state index in [4.69, 9.17) is 21.1 Å². The molecule has 1 aliphatic heterocycles. The van der Waals surface area contributed by atoms with E-state index in [-0.39, 0.29) is 18.1 Å². The molecule has 0 N–H and O–H groups in total. The maximum Gasteiger partial charge on any atom is 0.410 e. The summed E-state index contributed by atoms with van der Waals surface area (Å²) >= 11 is 5.83. The van der Waals surface area contributed by atoms with Gasteiger partial charge in [0.2, 0.25) is 5.88 Å². The maximum absolute atomic E-state index is 12.2. The van der Waals surface area contributed by atoms with Gasteiger partial charge in [0.05, 0.1) is 12.4 Å². The highest BCUT2D eigenvalue weighted by Crippen LogP contribution is 2.23. The zero-order valence-corrected chi connectivity index (χ0v) is 14.8. The number of aromatic nitrogens is 2. The predicted octanol–water partition coefficient (Wildman–Crippen LogP) is 3.54. The molecule has 7 heteroatoms. The molecule has 1 aromatic rings. The molecule has 1 aromatic heterocycles. The van der Waals surface area contributed by atoms with Crippen LogP contribution in [0.5, 0.6) is 5.88 Å². The Balaban J connectivity index is 1.98.